The van der Waals surface area contributed by atoms with E-state index in [0.29, 0.717) is 0 Å². The van der Waals surface area contributed by atoms with Gasteiger partial charge in [0.1, 0.15) is 0 Å². The Bertz CT molecular complexity index is 41.8. The van der Waals surface area contributed by atoms with E-state index in [0.717, 1.165) is 25.9 Å². The first-order chi connectivity index (χ1) is 3.81. The van der Waals surface area contributed by atoms with E-state index in [1.54, 1.807) is 0 Å². The van der Waals surface area contributed by atoms with Crippen molar-refractivity contribution in [2.75, 3.05) is 13.1 Å². The van der Waals surface area contributed by atoms with Gasteiger partial charge in [-0.3, -0.25) is 0 Å². The highest BCUT2D eigenvalue weighted by molar-refractivity contribution is 6.04. The molecule has 0 rings (SSSR count). The van der Waals surface area contributed by atoms with Crippen molar-refractivity contribution in [3.63, 3.8) is 0 Å². The Labute approximate surface area is 53.5 Å². The van der Waals surface area contributed by atoms with Gasteiger partial charge in [0.15, 0.2) is 7.98 Å². The molecule has 1 nitrogen and oxygen atoms in total. The zero-order valence-electron chi connectivity index (χ0n) is 5.85. The van der Waals surface area contributed by atoms with Crippen LogP contribution in [0.3, 0.4) is 0 Å². The summed E-state index contributed by atoms with van der Waals surface area (Å²) >= 11 is 0. The van der Waals surface area contributed by atoms with Crippen LogP contribution in [0.25, 0.3) is 0 Å². The van der Waals surface area contributed by atoms with Gasteiger partial charge in [0, 0.05) is 0 Å². The fraction of sp³-hybridized carbons (Fsp3) is 1.00. The Hall–Kier alpha value is 0.0249. The maximum atomic E-state index is 5.53. The Morgan fingerprint density at radius 2 is 1.50 bits per heavy atom. The van der Waals surface area contributed by atoms with Crippen molar-refractivity contribution >= 4 is 7.98 Å². The summed E-state index contributed by atoms with van der Waals surface area (Å²) in [5, 5.41) is 0. The van der Waals surface area contributed by atoms with Gasteiger partial charge in [0.2, 0.25) is 0 Å². The highest BCUT2D eigenvalue weighted by Crippen LogP contribution is 1.86. The molecule has 0 bridgehead atoms. The summed E-state index contributed by atoms with van der Waals surface area (Å²) in [6, 6.07) is 0. The molecule has 8 heavy (non-hydrogen) atoms. The summed E-state index contributed by atoms with van der Waals surface area (Å²) in [4.78, 5) is 1.86. The summed E-state index contributed by atoms with van der Waals surface area (Å²) in [5.74, 6) is 0. The van der Waals surface area contributed by atoms with Crippen molar-refractivity contribution in [2.24, 2.45) is 0 Å². The first-order valence-electron chi connectivity index (χ1n) is 3.30. The van der Waals surface area contributed by atoms with Crippen LogP contribution in [-0.2, 0) is 0 Å². The quantitative estimate of drug-likeness (QED) is 0.492. The van der Waals surface area contributed by atoms with Crippen LogP contribution >= 0.6 is 0 Å². The molecule has 0 spiro atoms. The van der Waals surface area contributed by atoms with Gasteiger partial charge in [-0.15, -0.1) is 0 Å². The molecule has 0 aromatic rings. The van der Waals surface area contributed by atoms with E-state index >= 15 is 0 Å². The molecule has 0 saturated heterocycles. The number of nitrogens with zero attached hydrogens (tertiary/aromatic N) is 1. The van der Waals surface area contributed by atoms with Crippen molar-refractivity contribution in [3.05, 3.63) is 0 Å². The number of rotatable bonds is 4. The SMILES string of the molecule is [B]N(CCC)CCC. The van der Waals surface area contributed by atoms with E-state index < -0.39 is 0 Å². The summed E-state index contributed by atoms with van der Waals surface area (Å²) in [5.41, 5.74) is 0. The predicted molar refractivity (Wildman–Crippen MR) is 37.9 cm³/mol. The van der Waals surface area contributed by atoms with Crippen LogP contribution in [0.5, 0.6) is 0 Å². The van der Waals surface area contributed by atoms with Crippen LogP contribution in [0.15, 0.2) is 0 Å². The molecule has 0 unspecified atom stereocenters. The van der Waals surface area contributed by atoms with Gasteiger partial charge >= 0.3 is 0 Å². The molecule has 0 aliphatic carbocycles. The zero-order chi connectivity index (χ0) is 6.41. The number of hydrogen-bond donors (Lipinski definition) is 0. The lowest BCUT2D eigenvalue weighted by Gasteiger charge is -2.13. The van der Waals surface area contributed by atoms with Gasteiger partial charge in [-0.1, -0.05) is 13.8 Å². The Morgan fingerprint density at radius 3 is 1.75 bits per heavy atom. The monoisotopic (exact) mass is 111 g/mol. The Balaban J connectivity index is 2.92. The third-order valence-electron chi connectivity index (χ3n) is 1.02. The predicted octanol–water partition coefficient (Wildman–Crippen LogP) is 1.19. The molecule has 0 heterocycles. The van der Waals surface area contributed by atoms with E-state index in [-0.39, 0.29) is 0 Å². The average molecular weight is 111 g/mol. The lowest BCUT2D eigenvalue weighted by atomic mass is 10.2. The van der Waals surface area contributed by atoms with Crippen LogP contribution in [0, 0.1) is 0 Å². The van der Waals surface area contributed by atoms with Gasteiger partial charge in [-0.05, 0) is 25.9 Å². The minimum Gasteiger partial charge on any atom is -0.353 e. The molecule has 0 aromatic carbocycles. The van der Waals surface area contributed by atoms with Gasteiger partial charge in [0.25, 0.3) is 0 Å². The smallest absolute Gasteiger partial charge is 0.182 e. The number of hydrogen-bond acceptors (Lipinski definition) is 1. The van der Waals surface area contributed by atoms with Crippen molar-refractivity contribution in [2.45, 2.75) is 26.7 Å². The average Bonchev–Trinajstić information content (AvgIpc) is 1.68. The lowest BCUT2D eigenvalue weighted by Crippen LogP contribution is -2.21. The first kappa shape index (κ1) is 8.02. The fourth-order valence-corrected chi connectivity index (χ4v) is 0.686. The van der Waals surface area contributed by atoms with Crippen molar-refractivity contribution in [1.29, 1.82) is 0 Å². The molecule has 46 valence electrons. The molecule has 0 aromatic heterocycles. The van der Waals surface area contributed by atoms with Crippen molar-refractivity contribution in [3.8, 4) is 0 Å². The lowest BCUT2D eigenvalue weighted by molar-refractivity contribution is 0.450. The standard InChI is InChI=1S/C6H14BN/c1-3-5-8(7)6-4-2/h3-6H2,1-2H3. The van der Waals surface area contributed by atoms with Crippen LogP contribution < -0.4 is 0 Å². The van der Waals surface area contributed by atoms with Crippen molar-refractivity contribution < 1.29 is 0 Å². The second-order valence-electron chi connectivity index (χ2n) is 2.04. The molecular weight excluding hydrogens is 96.9 g/mol. The van der Waals surface area contributed by atoms with Crippen molar-refractivity contribution in [1.82, 2.24) is 4.81 Å². The molecule has 0 atom stereocenters. The summed E-state index contributed by atoms with van der Waals surface area (Å²) in [7, 11) is 5.53. The third kappa shape index (κ3) is 4.19. The molecule has 0 aliphatic heterocycles. The van der Waals surface area contributed by atoms with Crippen LogP contribution in [0.1, 0.15) is 26.7 Å². The van der Waals surface area contributed by atoms with E-state index in [2.05, 4.69) is 13.8 Å². The highest BCUT2D eigenvalue weighted by atomic mass is 15.0. The second kappa shape index (κ2) is 5.17. The molecule has 2 radical (unpaired) electrons. The first-order valence-corrected chi connectivity index (χ1v) is 3.30. The molecule has 0 N–H and O–H groups in total. The van der Waals surface area contributed by atoms with Gasteiger partial charge in [-0.25, -0.2) is 0 Å². The maximum Gasteiger partial charge on any atom is 0.182 e. The van der Waals surface area contributed by atoms with Gasteiger partial charge in [0.05, 0.1) is 0 Å². The summed E-state index contributed by atoms with van der Waals surface area (Å²) in [6.07, 6.45) is 2.30. The molecule has 0 amide bonds. The normalized spacial score (nSPS) is 10.4. The van der Waals surface area contributed by atoms with Crippen LogP contribution in [0.2, 0.25) is 0 Å². The molecule has 0 fully saturated rings. The summed E-state index contributed by atoms with van der Waals surface area (Å²) < 4.78 is 0. The van der Waals surface area contributed by atoms with E-state index in [1.807, 2.05) is 4.81 Å². The minimum absolute atomic E-state index is 1.02. The highest BCUT2D eigenvalue weighted by Gasteiger charge is 1.90. The molecule has 2 heteroatoms. The van der Waals surface area contributed by atoms with Crippen LogP contribution in [-0.4, -0.2) is 25.9 Å². The topological polar surface area (TPSA) is 3.24 Å². The minimum atomic E-state index is 1.02. The molecule has 0 aliphatic rings. The third-order valence-corrected chi connectivity index (χ3v) is 1.02. The fourth-order valence-electron chi connectivity index (χ4n) is 0.686. The summed E-state index contributed by atoms with van der Waals surface area (Å²) in [6.45, 7) is 6.31. The van der Waals surface area contributed by atoms with E-state index in [1.165, 1.54) is 0 Å². The Morgan fingerprint density at radius 1 is 1.12 bits per heavy atom. The maximum absolute atomic E-state index is 5.53. The molecular formula is C6H14BN. The van der Waals surface area contributed by atoms with Crippen LogP contribution in [0.4, 0.5) is 0 Å². The molecule has 0 saturated carbocycles. The Kier molecular flexibility index (Phi) is 5.18. The van der Waals surface area contributed by atoms with E-state index in [9.17, 15) is 0 Å². The largest absolute Gasteiger partial charge is 0.353 e. The zero-order valence-corrected chi connectivity index (χ0v) is 5.85. The van der Waals surface area contributed by atoms with Gasteiger partial charge < -0.3 is 4.81 Å². The van der Waals surface area contributed by atoms with Gasteiger partial charge in [-0.2, -0.15) is 0 Å². The van der Waals surface area contributed by atoms with E-state index in [4.69, 9.17) is 7.98 Å². The second-order valence-corrected chi connectivity index (χ2v) is 2.04.